The van der Waals surface area contributed by atoms with Crippen LogP contribution in [0.1, 0.15) is 31.2 Å². The molecule has 4 fully saturated rings. The third kappa shape index (κ3) is 2.00. The van der Waals surface area contributed by atoms with Gasteiger partial charge in [0.1, 0.15) is 5.82 Å². The van der Waals surface area contributed by atoms with Crippen LogP contribution in [-0.2, 0) is 15.4 Å². The van der Waals surface area contributed by atoms with E-state index < -0.39 is 10.0 Å². The molecule has 2 N–H and O–H groups in total. The highest BCUT2D eigenvalue weighted by Gasteiger charge is 2.72. The lowest BCUT2D eigenvalue weighted by molar-refractivity contribution is 0.439. The van der Waals surface area contributed by atoms with Crippen LogP contribution in [0.25, 0.3) is 0 Å². The van der Waals surface area contributed by atoms with Crippen LogP contribution in [0.5, 0.6) is 0 Å². The molecule has 2 atom stereocenters. The Balaban J connectivity index is 1.52. The van der Waals surface area contributed by atoms with Gasteiger partial charge in [0.15, 0.2) is 0 Å². The van der Waals surface area contributed by atoms with Crippen molar-refractivity contribution in [3.8, 4) is 0 Å². The Kier molecular flexibility index (Phi) is 2.77. The zero-order valence-electron chi connectivity index (χ0n) is 12.9. The molecule has 23 heavy (non-hydrogen) atoms. The number of piperidine rings is 1. The van der Waals surface area contributed by atoms with Gasteiger partial charge < -0.3 is 5.32 Å². The van der Waals surface area contributed by atoms with Crippen LogP contribution in [0.15, 0.2) is 18.2 Å². The van der Waals surface area contributed by atoms with Crippen molar-refractivity contribution in [3.05, 3.63) is 29.6 Å². The van der Waals surface area contributed by atoms with Gasteiger partial charge in [-0.05, 0) is 80.3 Å². The summed E-state index contributed by atoms with van der Waals surface area (Å²) in [5.74, 6) is 1.42. The predicted molar refractivity (Wildman–Crippen MR) is 86.2 cm³/mol. The Morgan fingerprint density at radius 1 is 1.13 bits per heavy atom. The van der Waals surface area contributed by atoms with E-state index in [2.05, 4.69) is 10.0 Å². The van der Waals surface area contributed by atoms with Crippen molar-refractivity contribution in [1.29, 1.82) is 0 Å². The lowest BCUT2D eigenvalue weighted by atomic mass is 9.85. The molecular formula is C17H21FN2O2S. The maximum absolute atomic E-state index is 14.6. The van der Waals surface area contributed by atoms with Crippen LogP contribution in [0.3, 0.4) is 0 Å². The van der Waals surface area contributed by atoms with E-state index >= 15 is 0 Å². The van der Waals surface area contributed by atoms with Gasteiger partial charge in [-0.1, -0.05) is 0 Å². The molecular weight excluding hydrogens is 315 g/mol. The number of benzene rings is 1. The maximum atomic E-state index is 14.6. The van der Waals surface area contributed by atoms with Crippen LogP contribution >= 0.6 is 0 Å². The van der Waals surface area contributed by atoms with E-state index in [0.29, 0.717) is 23.4 Å². The molecule has 3 aliphatic carbocycles. The summed E-state index contributed by atoms with van der Waals surface area (Å²) in [5.41, 5.74) is 1.22. The number of sulfonamides is 1. The molecule has 4 aliphatic rings. The van der Waals surface area contributed by atoms with Crippen molar-refractivity contribution in [1.82, 2.24) is 5.32 Å². The van der Waals surface area contributed by atoms with E-state index in [9.17, 15) is 12.8 Å². The molecule has 124 valence electrons. The number of rotatable bonds is 5. The monoisotopic (exact) mass is 336 g/mol. The number of nitrogens with one attached hydrogen (secondary N) is 2. The van der Waals surface area contributed by atoms with Crippen molar-refractivity contribution in [2.75, 3.05) is 17.8 Å². The number of hydrogen-bond acceptors (Lipinski definition) is 3. The fraction of sp³-hybridized carbons (Fsp3) is 0.647. The Morgan fingerprint density at radius 2 is 1.83 bits per heavy atom. The van der Waals surface area contributed by atoms with Crippen molar-refractivity contribution in [3.63, 3.8) is 0 Å². The average molecular weight is 336 g/mol. The predicted octanol–water partition coefficient (Wildman–Crippen LogP) is 2.23. The second-order valence-electron chi connectivity index (χ2n) is 7.62. The smallest absolute Gasteiger partial charge is 0.235 e. The topological polar surface area (TPSA) is 58.2 Å². The minimum Gasteiger partial charge on any atom is -0.316 e. The highest BCUT2D eigenvalue weighted by molar-refractivity contribution is 7.93. The summed E-state index contributed by atoms with van der Waals surface area (Å²) >= 11 is 0. The molecule has 0 radical (unpaired) electrons. The molecule has 1 aromatic carbocycles. The Morgan fingerprint density at radius 3 is 2.43 bits per heavy atom. The van der Waals surface area contributed by atoms with E-state index in [-0.39, 0.29) is 16.5 Å². The standard InChI is InChI=1S/C17H21FN2O2S/c18-16-6-3-11(20-23(21,22)12-4-5-12)7-13(16)17(10-1-2-10)14-8-19-9-15(14)17/h3,6-7,10,12,14-15,19-20H,1-2,4-5,8-9H2. The zero-order valence-corrected chi connectivity index (χ0v) is 13.7. The first-order valence-electron chi connectivity index (χ1n) is 8.56. The molecule has 0 bridgehead atoms. The summed E-state index contributed by atoms with van der Waals surface area (Å²) < 4.78 is 41.6. The summed E-state index contributed by atoms with van der Waals surface area (Å²) in [5, 5.41) is 3.12. The van der Waals surface area contributed by atoms with Gasteiger partial charge in [0.2, 0.25) is 10.0 Å². The molecule has 0 aromatic heterocycles. The van der Waals surface area contributed by atoms with Gasteiger partial charge in [0, 0.05) is 11.1 Å². The minimum atomic E-state index is -3.30. The fourth-order valence-corrected chi connectivity index (χ4v) is 6.29. The molecule has 1 heterocycles. The number of anilines is 1. The quantitative estimate of drug-likeness (QED) is 0.867. The third-order valence-electron chi connectivity index (χ3n) is 6.24. The van der Waals surface area contributed by atoms with Crippen molar-refractivity contribution in [2.45, 2.75) is 36.3 Å². The van der Waals surface area contributed by atoms with E-state index in [1.54, 1.807) is 12.1 Å². The molecule has 1 aliphatic heterocycles. The second-order valence-corrected chi connectivity index (χ2v) is 9.58. The van der Waals surface area contributed by atoms with Gasteiger partial charge in [0.25, 0.3) is 0 Å². The van der Waals surface area contributed by atoms with Gasteiger partial charge >= 0.3 is 0 Å². The lowest BCUT2D eigenvalue weighted by Crippen LogP contribution is -2.28. The normalized spacial score (nSPS) is 35.9. The number of hydrogen-bond donors (Lipinski definition) is 2. The summed E-state index contributed by atoms with van der Waals surface area (Å²) in [7, 11) is -3.30. The summed E-state index contributed by atoms with van der Waals surface area (Å²) in [6.45, 7) is 1.91. The Labute approximate surface area is 135 Å². The molecule has 0 spiro atoms. The summed E-state index contributed by atoms with van der Waals surface area (Å²) in [6.07, 6.45) is 3.80. The van der Waals surface area contributed by atoms with Crippen LogP contribution in [0.2, 0.25) is 0 Å². The van der Waals surface area contributed by atoms with Crippen LogP contribution in [0.4, 0.5) is 10.1 Å². The number of fused-ring (bicyclic) bond motifs is 1. The van der Waals surface area contributed by atoms with Gasteiger partial charge in [0.05, 0.1) is 5.25 Å². The summed E-state index contributed by atoms with van der Waals surface area (Å²) in [6, 6.07) is 4.76. The first-order valence-corrected chi connectivity index (χ1v) is 10.1. The first kappa shape index (κ1) is 14.2. The van der Waals surface area contributed by atoms with Crippen molar-refractivity contribution in [2.24, 2.45) is 17.8 Å². The molecule has 0 amide bonds. The molecule has 5 rings (SSSR count). The van der Waals surface area contributed by atoms with Crippen LogP contribution in [0, 0.1) is 23.6 Å². The molecule has 4 nitrogen and oxygen atoms in total. The largest absolute Gasteiger partial charge is 0.316 e. The van der Waals surface area contributed by atoms with E-state index in [4.69, 9.17) is 0 Å². The maximum Gasteiger partial charge on any atom is 0.235 e. The second kappa shape index (κ2) is 4.48. The molecule has 1 aromatic rings. The van der Waals surface area contributed by atoms with E-state index in [1.165, 1.54) is 18.9 Å². The summed E-state index contributed by atoms with van der Waals surface area (Å²) in [4.78, 5) is 0. The zero-order chi connectivity index (χ0) is 15.8. The van der Waals surface area contributed by atoms with Gasteiger partial charge in [-0.3, -0.25) is 4.72 Å². The first-order chi connectivity index (χ1) is 11.0. The number of halogens is 1. The van der Waals surface area contributed by atoms with E-state index in [0.717, 1.165) is 31.5 Å². The Hall–Kier alpha value is -1.14. The van der Waals surface area contributed by atoms with Gasteiger partial charge in [-0.25, -0.2) is 12.8 Å². The third-order valence-corrected chi connectivity index (χ3v) is 8.11. The fourth-order valence-electron chi connectivity index (χ4n) is 4.91. The van der Waals surface area contributed by atoms with Crippen LogP contribution in [-0.4, -0.2) is 26.8 Å². The molecule has 1 saturated heterocycles. The Bertz CT molecular complexity index is 761. The highest BCUT2D eigenvalue weighted by Crippen LogP contribution is 2.71. The van der Waals surface area contributed by atoms with Gasteiger partial charge in [-0.15, -0.1) is 0 Å². The van der Waals surface area contributed by atoms with Crippen molar-refractivity contribution < 1.29 is 12.8 Å². The SMILES string of the molecule is O=S(=O)(Nc1ccc(F)c(C2(C3CC3)C3CNCC32)c1)C1CC1. The molecule has 3 saturated carbocycles. The van der Waals surface area contributed by atoms with Crippen molar-refractivity contribution >= 4 is 15.7 Å². The van der Waals surface area contributed by atoms with Gasteiger partial charge in [-0.2, -0.15) is 0 Å². The van der Waals surface area contributed by atoms with Crippen LogP contribution < -0.4 is 10.0 Å². The lowest BCUT2D eigenvalue weighted by Gasteiger charge is -2.23. The average Bonchev–Trinajstić information content (AvgIpc) is 3.38. The van der Waals surface area contributed by atoms with E-state index in [1.807, 2.05) is 0 Å². The minimum absolute atomic E-state index is 0.0453. The molecule has 2 unspecified atom stereocenters. The molecule has 6 heteroatoms. The highest BCUT2D eigenvalue weighted by atomic mass is 32.2.